The van der Waals surface area contributed by atoms with E-state index in [4.69, 9.17) is 0 Å². The molecule has 0 aromatic carbocycles. The first kappa shape index (κ1) is 17.9. The van der Waals surface area contributed by atoms with Crippen molar-refractivity contribution in [3.05, 3.63) is 0 Å². The molecule has 1 N–H and O–H groups in total. The van der Waals surface area contributed by atoms with Gasteiger partial charge in [-0.25, -0.2) is 8.42 Å². The molecule has 0 heterocycles. The summed E-state index contributed by atoms with van der Waals surface area (Å²) < 4.78 is 22.6. The largest absolute Gasteiger partial charge is 0.313 e. The Morgan fingerprint density at radius 2 is 1.50 bits per heavy atom. The van der Waals surface area contributed by atoms with Gasteiger partial charge in [0, 0.05) is 12.3 Å². The molecule has 0 aliphatic rings. The monoisotopic (exact) mass is 277 g/mol. The lowest BCUT2D eigenvalue weighted by molar-refractivity contribution is 0.483. The first-order valence-electron chi connectivity index (χ1n) is 7.40. The normalized spacial score (nSPS) is 13.7. The zero-order valence-electron chi connectivity index (χ0n) is 12.4. The quantitative estimate of drug-likeness (QED) is 0.557. The van der Waals surface area contributed by atoms with Gasteiger partial charge in [0.1, 0.15) is 9.84 Å². The van der Waals surface area contributed by atoms with Crippen LogP contribution in [0.25, 0.3) is 0 Å². The fraction of sp³-hybridized carbons (Fsp3) is 1.00. The van der Waals surface area contributed by atoms with E-state index in [1.165, 1.54) is 44.8 Å². The predicted octanol–water partition coefficient (Wildman–Crippen LogP) is 3.15. The number of nitrogens with one attached hydrogen (secondary N) is 1. The Morgan fingerprint density at radius 3 is 2.00 bits per heavy atom. The van der Waals surface area contributed by atoms with Gasteiger partial charge in [0.25, 0.3) is 0 Å². The van der Waals surface area contributed by atoms with Gasteiger partial charge in [-0.05, 0) is 13.0 Å². The van der Waals surface area contributed by atoms with Gasteiger partial charge in [0.05, 0.1) is 5.75 Å². The molecule has 18 heavy (non-hydrogen) atoms. The minimum Gasteiger partial charge on any atom is -0.313 e. The maximum absolute atomic E-state index is 11.3. The van der Waals surface area contributed by atoms with Crippen molar-refractivity contribution >= 4 is 9.84 Å². The molecule has 110 valence electrons. The van der Waals surface area contributed by atoms with E-state index in [1.54, 1.807) is 0 Å². The van der Waals surface area contributed by atoms with Gasteiger partial charge >= 0.3 is 0 Å². The molecule has 1 unspecified atom stereocenters. The second kappa shape index (κ2) is 10.8. The highest BCUT2D eigenvalue weighted by Crippen LogP contribution is 2.10. The Hall–Kier alpha value is -0.0900. The van der Waals surface area contributed by atoms with E-state index < -0.39 is 9.84 Å². The van der Waals surface area contributed by atoms with E-state index in [-0.39, 0.29) is 11.8 Å². The van der Waals surface area contributed by atoms with Gasteiger partial charge in [0.15, 0.2) is 0 Å². The minimum absolute atomic E-state index is 0.139. The molecule has 1 atom stereocenters. The van der Waals surface area contributed by atoms with Crippen molar-refractivity contribution in [2.45, 2.75) is 71.3 Å². The SMILES string of the molecule is CCCCCCCCCC(CS(C)(=O)=O)NCC. The van der Waals surface area contributed by atoms with Crippen LogP contribution in [0.2, 0.25) is 0 Å². The second-order valence-corrected chi connectivity index (χ2v) is 7.44. The number of hydrogen-bond donors (Lipinski definition) is 1. The van der Waals surface area contributed by atoms with Crippen LogP contribution in [0.1, 0.15) is 65.2 Å². The summed E-state index contributed by atoms with van der Waals surface area (Å²) in [6.07, 6.45) is 11.3. The van der Waals surface area contributed by atoms with Gasteiger partial charge in [-0.15, -0.1) is 0 Å². The lowest BCUT2D eigenvalue weighted by Gasteiger charge is -2.16. The number of sulfone groups is 1. The van der Waals surface area contributed by atoms with Gasteiger partial charge in [-0.1, -0.05) is 58.8 Å². The van der Waals surface area contributed by atoms with Crippen LogP contribution < -0.4 is 5.32 Å². The molecule has 0 saturated heterocycles. The lowest BCUT2D eigenvalue weighted by atomic mass is 10.1. The molecule has 0 aliphatic carbocycles. The molecule has 3 nitrogen and oxygen atoms in total. The van der Waals surface area contributed by atoms with Gasteiger partial charge in [-0.2, -0.15) is 0 Å². The van der Waals surface area contributed by atoms with Crippen molar-refractivity contribution in [2.75, 3.05) is 18.6 Å². The molecule has 0 amide bonds. The number of unbranched alkanes of at least 4 members (excludes halogenated alkanes) is 6. The summed E-state index contributed by atoms with van der Waals surface area (Å²) >= 11 is 0. The third-order valence-corrected chi connectivity index (χ3v) is 4.16. The van der Waals surface area contributed by atoms with Crippen LogP contribution in [0.3, 0.4) is 0 Å². The van der Waals surface area contributed by atoms with Crippen molar-refractivity contribution in [3.8, 4) is 0 Å². The Bertz CT molecular complexity index is 276. The van der Waals surface area contributed by atoms with Crippen LogP contribution in [0, 0.1) is 0 Å². The van der Waals surface area contributed by atoms with Crippen molar-refractivity contribution in [1.82, 2.24) is 5.32 Å². The molecule has 0 radical (unpaired) electrons. The van der Waals surface area contributed by atoms with Gasteiger partial charge in [0.2, 0.25) is 0 Å². The van der Waals surface area contributed by atoms with E-state index in [1.807, 2.05) is 6.92 Å². The minimum atomic E-state index is -2.86. The standard InChI is InChI=1S/C14H31NO2S/c1-4-6-7-8-9-10-11-12-14(15-5-2)13-18(3,16)17/h14-15H,4-13H2,1-3H3. The Labute approximate surface area is 114 Å². The van der Waals surface area contributed by atoms with Gasteiger partial charge in [-0.3, -0.25) is 0 Å². The van der Waals surface area contributed by atoms with Crippen LogP contribution in [0.15, 0.2) is 0 Å². The van der Waals surface area contributed by atoms with Crippen LogP contribution in [0.5, 0.6) is 0 Å². The maximum atomic E-state index is 11.3. The highest BCUT2D eigenvalue weighted by atomic mass is 32.2. The summed E-state index contributed by atoms with van der Waals surface area (Å²) in [5.41, 5.74) is 0. The molecule has 0 saturated carbocycles. The molecule has 0 rings (SSSR count). The van der Waals surface area contributed by atoms with E-state index >= 15 is 0 Å². The molecule has 0 spiro atoms. The van der Waals surface area contributed by atoms with E-state index in [0.717, 1.165) is 19.4 Å². The molecular weight excluding hydrogens is 246 g/mol. The molecule has 4 heteroatoms. The highest BCUT2D eigenvalue weighted by Gasteiger charge is 2.13. The molecule has 0 bridgehead atoms. The summed E-state index contributed by atoms with van der Waals surface area (Å²) in [6, 6.07) is 0.139. The Balaban J connectivity index is 3.64. The fourth-order valence-electron chi connectivity index (χ4n) is 2.25. The summed E-state index contributed by atoms with van der Waals surface area (Å²) in [7, 11) is -2.86. The predicted molar refractivity (Wildman–Crippen MR) is 79.8 cm³/mol. The topological polar surface area (TPSA) is 46.2 Å². The second-order valence-electron chi connectivity index (χ2n) is 5.26. The average molecular weight is 277 g/mol. The zero-order chi connectivity index (χ0) is 13.9. The Kier molecular flexibility index (Phi) is 10.7. The maximum Gasteiger partial charge on any atom is 0.148 e. The average Bonchev–Trinajstić information content (AvgIpc) is 2.26. The zero-order valence-corrected chi connectivity index (χ0v) is 13.2. The molecule has 0 aliphatic heterocycles. The molecular formula is C14H31NO2S. The van der Waals surface area contributed by atoms with E-state index in [9.17, 15) is 8.42 Å². The highest BCUT2D eigenvalue weighted by molar-refractivity contribution is 7.90. The summed E-state index contributed by atoms with van der Waals surface area (Å²) in [6.45, 7) is 5.10. The van der Waals surface area contributed by atoms with Crippen LogP contribution in [0.4, 0.5) is 0 Å². The summed E-state index contributed by atoms with van der Waals surface area (Å²) in [5.74, 6) is 0.274. The van der Waals surface area contributed by atoms with Crippen molar-refractivity contribution in [3.63, 3.8) is 0 Å². The van der Waals surface area contributed by atoms with Crippen LogP contribution in [-0.4, -0.2) is 33.0 Å². The third kappa shape index (κ3) is 12.4. The number of hydrogen-bond acceptors (Lipinski definition) is 3. The van der Waals surface area contributed by atoms with Crippen molar-refractivity contribution in [1.29, 1.82) is 0 Å². The summed E-state index contributed by atoms with van der Waals surface area (Å²) in [4.78, 5) is 0. The lowest BCUT2D eigenvalue weighted by Crippen LogP contribution is -2.35. The van der Waals surface area contributed by atoms with Crippen LogP contribution in [-0.2, 0) is 9.84 Å². The van der Waals surface area contributed by atoms with Crippen LogP contribution >= 0.6 is 0 Å². The first-order chi connectivity index (χ1) is 8.49. The molecule has 0 fully saturated rings. The van der Waals surface area contributed by atoms with Crippen molar-refractivity contribution < 1.29 is 8.42 Å². The Morgan fingerprint density at radius 1 is 0.944 bits per heavy atom. The number of rotatable bonds is 12. The fourth-order valence-corrected chi connectivity index (χ4v) is 3.26. The van der Waals surface area contributed by atoms with E-state index in [0.29, 0.717) is 0 Å². The van der Waals surface area contributed by atoms with Crippen molar-refractivity contribution in [2.24, 2.45) is 0 Å². The van der Waals surface area contributed by atoms with Gasteiger partial charge < -0.3 is 5.32 Å². The van der Waals surface area contributed by atoms with E-state index in [2.05, 4.69) is 12.2 Å². The first-order valence-corrected chi connectivity index (χ1v) is 9.46. The smallest absolute Gasteiger partial charge is 0.148 e. The molecule has 0 aromatic rings. The molecule has 0 aromatic heterocycles. The summed E-state index contributed by atoms with van der Waals surface area (Å²) in [5, 5.41) is 3.27. The third-order valence-electron chi connectivity index (χ3n) is 3.15.